The lowest BCUT2D eigenvalue weighted by Crippen LogP contribution is -2.11. The van der Waals surface area contributed by atoms with Crippen molar-refractivity contribution in [2.45, 2.75) is 32.1 Å². The van der Waals surface area contributed by atoms with E-state index in [1.807, 2.05) is 6.08 Å². The van der Waals surface area contributed by atoms with Gasteiger partial charge in [-0.3, -0.25) is 0 Å². The number of rotatable bonds is 4. The van der Waals surface area contributed by atoms with Crippen molar-refractivity contribution in [2.75, 3.05) is 0 Å². The van der Waals surface area contributed by atoms with Crippen molar-refractivity contribution < 1.29 is 0 Å². The standard InChI is InChI=1S/C13H16/c1-2-3-4-6-11-7-5-8-12-9-10-13(11)12/h2,5,7-8H,1,3-4,6,9-10H2. The molecule has 2 rings (SSSR count). The maximum atomic E-state index is 3.75. The quantitative estimate of drug-likeness (QED) is 0.483. The van der Waals surface area contributed by atoms with Crippen molar-refractivity contribution in [1.82, 2.24) is 0 Å². The van der Waals surface area contributed by atoms with Crippen LogP contribution in [0.5, 0.6) is 0 Å². The predicted molar refractivity (Wildman–Crippen MR) is 57.0 cm³/mol. The average molecular weight is 172 g/mol. The van der Waals surface area contributed by atoms with E-state index in [1.165, 1.54) is 25.7 Å². The average Bonchev–Trinajstić information content (AvgIpc) is 2.08. The fourth-order valence-corrected chi connectivity index (χ4v) is 2.00. The van der Waals surface area contributed by atoms with E-state index in [0.717, 1.165) is 6.42 Å². The minimum Gasteiger partial charge on any atom is -0.103 e. The van der Waals surface area contributed by atoms with Gasteiger partial charge in [-0.1, -0.05) is 24.3 Å². The van der Waals surface area contributed by atoms with E-state index >= 15 is 0 Å². The second-order valence-electron chi connectivity index (χ2n) is 3.74. The molecule has 0 heteroatoms. The van der Waals surface area contributed by atoms with E-state index in [9.17, 15) is 0 Å². The Morgan fingerprint density at radius 3 is 2.92 bits per heavy atom. The second-order valence-corrected chi connectivity index (χ2v) is 3.74. The van der Waals surface area contributed by atoms with Crippen molar-refractivity contribution in [3.63, 3.8) is 0 Å². The molecule has 0 N–H and O–H groups in total. The fraction of sp³-hybridized carbons (Fsp3) is 0.385. The van der Waals surface area contributed by atoms with Gasteiger partial charge in [0.25, 0.3) is 0 Å². The largest absolute Gasteiger partial charge is 0.103 e. The molecule has 0 fully saturated rings. The van der Waals surface area contributed by atoms with E-state index in [4.69, 9.17) is 0 Å². The third-order valence-electron chi connectivity index (χ3n) is 2.87. The van der Waals surface area contributed by atoms with Gasteiger partial charge in [-0.25, -0.2) is 0 Å². The van der Waals surface area contributed by atoms with Crippen LogP contribution in [0.2, 0.25) is 0 Å². The van der Waals surface area contributed by atoms with Gasteiger partial charge in [0, 0.05) is 0 Å². The molecule has 0 radical (unpaired) electrons. The summed E-state index contributed by atoms with van der Waals surface area (Å²) in [4.78, 5) is 0. The zero-order valence-electron chi connectivity index (χ0n) is 8.05. The molecular formula is C13H16. The first kappa shape index (κ1) is 8.55. The molecule has 68 valence electrons. The lowest BCUT2D eigenvalue weighted by molar-refractivity contribution is 0.775. The van der Waals surface area contributed by atoms with Crippen LogP contribution in [-0.4, -0.2) is 0 Å². The number of hydrogen-bond donors (Lipinski definition) is 0. The van der Waals surface area contributed by atoms with Crippen molar-refractivity contribution in [3.05, 3.63) is 47.5 Å². The highest BCUT2D eigenvalue weighted by atomic mass is 14.2. The molecule has 0 heterocycles. The molecule has 0 bridgehead atoms. The smallest absolute Gasteiger partial charge is 0.0233 e. The normalized spacial score (nSPS) is 13.2. The molecule has 1 aliphatic rings. The number of unbranched alkanes of at least 4 members (excludes halogenated alkanes) is 1. The van der Waals surface area contributed by atoms with Crippen LogP contribution in [-0.2, 0) is 19.3 Å². The van der Waals surface area contributed by atoms with Crippen molar-refractivity contribution in [3.8, 4) is 0 Å². The first-order valence-electron chi connectivity index (χ1n) is 5.12. The maximum Gasteiger partial charge on any atom is -0.0233 e. The van der Waals surface area contributed by atoms with Crippen LogP contribution in [0.1, 0.15) is 29.5 Å². The molecule has 13 heavy (non-hydrogen) atoms. The minimum atomic E-state index is 1.14. The van der Waals surface area contributed by atoms with Gasteiger partial charge in [0.2, 0.25) is 0 Å². The summed E-state index contributed by atoms with van der Waals surface area (Å²) in [6.45, 7) is 3.75. The number of allylic oxidation sites excluding steroid dienone is 1. The second kappa shape index (κ2) is 3.78. The number of fused-ring (bicyclic) bond motifs is 1. The molecule has 0 atom stereocenters. The Kier molecular flexibility index (Phi) is 2.49. The zero-order chi connectivity index (χ0) is 9.10. The highest BCUT2D eigenvalue weighted by Gasteiger charge is 2.15. The maximum absolute atomic E-state index is 3.75. The van der Waals surface area contributed by atoms with Gasteiger partial charge >= 0.3 is 0 Å². The summed E-state index contributed by atoms with van der Waals surface area (Å²) in [7, 11) is 0. The molecule has 0 amide bonds. The third-order valence-corrected chi connectivity index (χ3v) is 2.87. The van der Waals surface area contributed by atoms with Crippen LogP contribution < -0.4 is 0 Å². The van der Waals surface area contributed by atoms with Gasteiger partial charge in [-0.15, -0.1) is 6.58 Å². The Morgan fingerprint density at radius 2 is 2.23 bits per heavy atom. The summed E-state index contributed by atoms with van der Waals surface area (Å²) in [5.41, 5.74) is 4.79. The molecule has 0 unspecified atom stereocenters. The Hall–Kier alpha value is -1.04. The van der Waals surface area contributed by atoms with Crippen LogP contribution in [0, 0.1) is 0 Å². The van der Waals surface area contributed by atoms with Crippen LogP contribution >= 0.6 is 0 Å². The minimum absolute atomic E-state index is 1.14. The van der Waals surface area contributed by atoms with Gasteiger partial charge in [0.05, 0.1) is 0 Å². The Balaban J connectivity index is 2.04. The summed E-state index contributed by atoms with van der Waals surface area (Å²) in [5, 5.41) is 0. The molecule has 1 aromatic rings. The number of hydrogen-bond acceptors (Lipinski definition) is 0. The van der Waals surface area contributed by atoms with Crippen molar-refractivity contribution in [2.24, 2.45) is 0 Å². The molecule has 1 aliphatic carbocycles. The number of aryl methyl sites for hydroxylation is 2. The number of benzene rings is 1. The molecular weight excluding hydrogens is 156 g/mol. The molecule has 1 aromatic carbocycles. The van der Waals surface area contributed by atoms with Gasteiger partial charge in [0.1, 0.15) is 0 Å². The third kappa shape index (κ3) is 1.67. The van der Waals surface area contributed by atoms with E-state index in [0.29, 0.717) is 0 Å². The van der Waals surface area contributed by atoms with Gasteiger partial charge in [-0.05, 0) is 48.8 Å². The fourth-order valence-electron chi connectivity index (χ4n) is 2.00. The van der Waals surface area contributed by atoms with Crippen LogP contribution in [0.25, 0.3) is 0 Å². The predicted octanol–water partition coefficient (Wildman–Crippen LogP) is 3.29. The molecule has 0 aliphatic heterocycles. The molecule has 0 saturated carbocycles. The highest BCUT2D eigenvalue weighted by molar-refractivity contribution is 5.41. The molecule has 0 spiro atoms. The van der Waals surface area contributed by atoms with Crippen molar-refractivity contribution in [1.29, 1.82) is 0 Å². The first-order valence-corrected chi connectivity index (χ1v) is 5.12. The SMILES string of the molecule is C=CCCCc1cccc2c1CC2. The zero-order valence-corrected chi connectivity index (χ0v) is 8.05. The van der Waals surface area contributed by atoms with E-state index in [2.05, 4.69) is 24.8 Å². The monoisotopic (exact) mass is 172 g/mol. The topological polar surface area (TPSA) is 0 Å². The Labute approximate surface area is 80.3 Å². The molecule has 0 saturated heterocycles. The summed E-state index contributed by atoms with van der Waals surface area (Å²) >= 11 is 0. The molecule has 0 nitrogen and oxygen atoms in total. The van der Waals surface area contributed by atoms with E-state index in [1.54, 1.807) is 16.7 Å². The Morgan fingerprint density at radius 1 is 1.31 bits per heavy atom. The van der Waals surface area contributed by atoms with Crippen LogP contribution in [0.15, 0.2) is 30.9 Å². The van der Waals surface area contributed by atoms with Gasteiger partial charge < -0.3 is 0 Å². The summed E-state index contributed by atoms with van der Waals surface area (Å²) < 4.78 is 0. The summed E-state index contributed by atoms with van der Waals surface area (Å²) in [6, 6.07) is 6.73. The van der Waals surface area contributed by atoms with Crippen LogP contribution in [0.3, 0.4) is 0 Å². The van der Waals surface area contributed by atoms with Crippen molar-refractivity contribution >= 4 is 0 Å². The van der Waals surface area contributed by atoms with E-state index in [-0.39, 0.29) is 0 Å². The first-order chi connectivity index (χ1) is 6.42. The lowest BCUT2D eigenvalue weighted by Gasteiger charge is -2.22. The highest BCUT2D eigenvalue weighted by Crippen LogP contribution is 2.27. The van der Waals surface area contributed by atoms with Gasteiger partial charge in [-0.2, -0.15) is 0 Å². The lowest BCUT2D eigenvalue weighted by atomic mass is 9.83. The van der Waals surface area contributed by atoms with E-state index < -0.39 is 0 Å². The summed E-state index contributed by atoms with van der Waals surface area (Å²) in [5.74, 6) is 0. The van der Waals surface area contributed by atoms with Gasteiger partial charge in [0.15, 0.2) is 0 Å². The molecule has 0 aromatic heterocycles. The Bertz CT molecular complexity index is 310. The summed E-state index contributed by atoms with van der Waals surface area (Å²) in [6.07, 6.45) is 8.23. The van der Waals surface area contributed by atoms with Crippen LogP contribution in [0.4, 0.5) is 0 Å².